The van der Waals surface area contributed by atoms with Gasteiger partial charge in [-0.25, -0.2) is 0 Å². The van der Waals surface area contributed by atoms with E-state index in [9.17, 15) is 4.79 Å². The Hall–Kier alpha value is -1.39. The number of nitrogens with zero attached hydrogens (tertiary/aromatic N) is 2. The lowest BCUT2D eigenvalue weighted by atomic mass is 9.98. The Morgan fingerprint density at radius 1 is 1.05 bits per heavy atom. The molecule has 4 heteroatoms. The predicted octanol–water partition coefficient (Wildman–Crippen LogP) is 1.76. The van der Waals surface area contributed by atoms with Crippen LogP contribution in [-0.2, 0) is 16.1 Å². The van der Waals surface area contributed by atoms with Crippen molar-refractivity contribution in [2.45, 2.75) is 19.4 Å². The molecule has 0 aliphatic carbocycles. The zero-order valence-corrected chi connectivity index (χ0v) is 12.5. The van der Waals surface area contributed by atoms with Crippen LogP contribution in [0.15, 0.2) is 30.3 Å². The van der Waals surface area contributed by atoms with Crippen molar-refractivity contribution in [1.82, 2.24) is 9.80 Å². The minimum Gasteiger partial charge on any atom is -0.381 e. The van der Waals surface area contributed by atoms with E-state index in [1.807, 2.05) is 6.07 Å². The molecule has 2 fully saturated rings. The van der Waals surface area contributed by atoms with E-state index in [4.69, 9.17) is 4.74 Å². The molecule has 2 aliphatic heterocycles. The quantitative estimate of drug-likeness (QED) is 0.849. The summed E-state index contributed by atoms with van der Waals surface area (Å²) in [7, 11) is 0. The highest BCUT2D eigenvalue weighted by molar-refractivity contribution is 5.79. The number of hydrogen-bond acceptors (Lipinski definition) is 3. The first kappa shape index (κ1) is 14.5. The van der Waals surface area contributed by atoms with Crippen molar-refractivity contribution in [2.75, 3.05) is 39.4 Å². The van der Waals surface area contributed by atoms with Gasteiger partial charge >= 0.3 is 0 Å². The van der Waals surface area contributed by atoms with Gasteiger partial charge in [-0.3, -0.25) is 9.69 Å². The third-order valence-corrected chi connectivity index (χ3v) is 4.50. The Labute approximate surface area is 126 Å². The summed E-state index contributed by atoms with van der Waals surface area (Å²) in [6.07, 6.45) is 1.78. The summed E-state index contributed by atoms with van der Waals surface area (Å²) in [5, 5.41) is 0. The van der Waals surface area contributed by atoms with Gasteiger partial charge in [0.15, 0.2) is 0 Å². The van der Waals surface area contributed by atoms with Gasteiger partial charge in [-0.2, -0.15) is 0 Å². The fraction of sp³-hybridized carbons (Fsp3) is 0.588. The van der Waals surface area contributed by atoms with E-state index >= 15 is 0 Å². The smallest absolute Gasteiger partial charge is 0.225 e. The molecule has 0 radical (unpaired) electrons. The maximum Gasteiger partial charge on any atom is 0.225 e. The zero-order chi connectivity index (χ0) is 14.5. The molecular formula is C17H24N2O2. The molecule has 0 N–H and O–H groups in total. The van der Waals surface area contributed by atoms with Crippen LogP contribution in [0.2, 0.25) is 0 Å². The molecular weight excluding hydrogens is 264 g/mol. The molecule has 1 aromatic rings. The zero-order valence-electron chi connectivity index (χ0n) is 12.5. The Bertz CT molecular complexity index is 449. The monoisotopic (exact) mass is 288 g/mol. The van der Waals surface area contributed by atoms with Crippen LogP contribution in [0.4, 0.5) is 0 Å². The van der Waals surface area contributed by atoms with Crippen LogP contribution in [0.5, 0.6) is 0 Å². The van der Waals surface area contributed by atoms with Gasteiger partial charge in [0.1, 0.15) is 0 Å². The van der Waals surface area contributed by atoms with E-state index in [1.165, 1.54) is 5.56 Å². The summed E-state index contributed by atoms with van der Waals surface area (Å²) in [5.74, 6) is 0.539. The topological polar surface area (TPSA) is 32.8 Å². The molecule has 2 saturated heterocycles. The second-order valence-corrected chi connectivity index (χ2v) is 5.97. The van der Waals surface area contributed by atoms with Gasteiger partial charge in [0.25, 0.3) is 0 Å². The SMILES string of the molecule is O=C(C1CCOCC1)N1CCN(Cc2ccccc2)CC1. The Morgan fingerprint density at radius 3 is 2.38 bits per heavy atom. The minimum atomic E-state index is 0.194. The second-order valence-electron chi connectivity index (χ2n) is 5.97. The number of benzene rings is 1. The highest BCUT2D eigenvalue weighted by Gasteiger charge is 2.28. The van der Waals surface area contributed by atoms with Gasteiger partial charge in [0, 0.05) is 51.9 Å². The lowest BCUT2D eigenvalue weighted by Gasteiger charge is -2.37. The van der Waals surface area contributed by atoms with Crippen molar-refractivity contribution in [3.05, 3.63) is 35.9 Å². The van der Waals surface area contributed by atoms with Crippen molar-refractivity contribution in [3.8, 4) is 0 Å². The number of hydrogen-bond donors (Lipinski definition) is 0. The summed E-state index contributed by atoms with van der Waals surface area (Å²) in [6, 6.07) is 10.5. The highest BCUT2D eigenvalue weighted by Crippen LogP contribution is 2.19. The normalized spacial score (nSPS) is 21.4. The van der Waals surface area contributed by atoms with Crippen LogP contribution in [0.1, 0.15) is 18.4 Å². The Kier molecular flexibility index (Phi) is 4.88. The molecule has 2 heterocycles. The van der Waals surface area contributed by atoms with Crippen molar-refractivity contribution in [3.63, 3.8) is 0 Å². The summed E-state index contributed by atoms with van der Waals surface area (Å²) in [5.41, 5.74) is 1.35. The first-order valence-electron chi connectivity index (χ1n) is 7.96. The molecule has 0 aromatic heterocycles. The Morgan fingerprint density at radius 2 is 1.71 bits per heavy atom. The molecule has 114 valence electrons. The maximum atomic E-state index is 12.5. The summed E-state index contributed by atoms with van der Waals surface area (Å²) in [6.45, 7) is 6.15. The average molecular weight is 288 g/mol. The molecule has 3 rings (SSSR count). The fourth-order valence-electron chi connectivity index (χ4n) is 3.17. The standard InChI is InChI=1S/C17H24N2O2/c20-17(16-6-12-21-13-7-16)19-10-8-18(9-11-19)14-15-4-2-1-3-5-15/h1-5,16H,6-14H2. The van der Waals surface area contributed by atoms with Gasteiger partial charge in [-0.05, 0) is 18.4 Å². The average Bonchev–Trinajstić information content (AvgIpc) is 2.57. The van der Waals surface area contributed by atoms with Gasteiger partial charge in [0.2, 0.25) is 5.91 Å². The molecule has 0 saturated carbocycles. The van der Waals surface area contributed by atoms with Crippen LogP contribution < -0.4 is 0 Å². The van der Waals surface area contributed by atoms with Gasteiger partial charge < -0.3 is 9.64 Å². The van der Waals surface area contributed by atoms with E-state index in [1.54, 1.807) is 0 Å². The molecule has 0 atom stereocenters. The van der Waals surface area contributed by atoms with Crippen molar-refractivity contribution in [1.29, 1.82) is 0 Å². The number of piperazine rings is 1. The van der Waals surface area contributed by atoms with Gasteiger partial charge in [-0.1, -0.05) is 30.3 Å². The van der Waals surface area contributed by atoms with Crippen molar-refractivity contribution in [2.24, 2.45) is 5.92 Å². The van der Waals surface area contributed by atoms with E-state index in [0.717, 1.165) is 58.8 Å². The van der Waals surface area contributed by atoms with Crippen LogP contribution >= 0.6 is 0 Å². The van der Waals surface area contributed by atoms with E-state index in [-0.39, 0.29) is 5.92 Å². The highest BCUT2D eigenvalue weighted by atomic mass is 16.5. The molecule has 0 spiro atoms. The third kappa shape index (κ3) is 3.83. The van der Waals surface area contributed by atoms with Crippen LogP contribution in [0.25, 0.3) is 0 Å². The van der Waals surface area contributed by atoms with Crippen molar-refractivity contribution < 1.29 is 9.53 Å². The summed E-state index contributed by atoms with van der Waals surface area (Å²) in [4.78, 5) is 17.0. The molecule has 4 nitrogen and oxygen atoms in total. The molecule has 2 aliphatic rings. The summed E-state index contributed by atoms with van der Waals surface area (Å²) >= 11 is 0. The maximum absolute atomic E-state index is 12.5. The second kappa shape index (κ2) is 7.05. The molecule has 0 bridgehead atoms. The number of carbonyl (C=O) groups is 1. The number of amides is 1. The van der Waals surface area contributed by atoms with Crippen LogP contribution in [0.3, 0.4) is 0 Å². The van der Waals surface area contributed by atoms with E-state index in [0.29, 0.717) is 5.91 Å². The number of ether oxygens (including phenoxy) is 1. The van der Waals surface area contributed by atoms with Gasteiger partial charge in [-0.15, -0.1) is 0 Å². The van der Waals surface area contributed by atoms with Crippen molar-refractivity contribution >= 4 is 5.91 Å². The molecule has 21 heavy (non-hydrogen) atoms. The van der Waals surface area contributed by atoms with Crippen LogP contribution in [-0.4, -0.2) is 55.1 Å². The summed E-state index contributed by atoms with van der Waals surface area (Å²) < 4.78 is 5.34. The molecule has 1 amide bonds. The third-order valence-electron chi connectivity index (χ3n) is 4.50. The van der Waals surface area contributed by atoms with E-state index < -0.39 is 0 Å². The number of carbonyl (C=O) groups excluding carboxylic acids is 1. The largest absolute Gasteiger partial charge is 0.381 e. The Balaban J connectivity index is 1.47. The molecule has 1 aromatic carbocycles. The minimum absolute atomic E-state index is 0.194. The molecule has 0 unspecified atom stereocenters. The van der Waals surface area contributed by atoms with E-state index in [2.05, 4.69) is 34.1 Å². The predicted molar refractivity (Wildman–Crippen MR) is 81.8 cm³/mol. The first-order chi connectivity index (χ1) is 10.3. The van der Waals surface area contributed by atoms with Gasteiger partial charge in [0.05, 0.1) is 0 Å². The lowest BCUT2D eigenvalue weighted by molar-refractivity contribution is -0.140. The lowest BCUT2D eigenvalue weighted by Crippen LogP contribution is -2.50. The fourth-order valence-corrected chi connectivity index (χ4v) is 3.17. The number of rotatable bonds is 3. The first-order valence-corrected chi connectivity index (χ1v) is 7.96. The van der Waals surface area contributed by atoms with Crippen LogP contribution in [0, 0.1) is 5.92 Å².